The molecule has 0 aliphatic heterocycles. The normalized spacial score (nSPS) is 10.8. The Bertz CT molecular complexity index is 861. The molecule has 1 N–H and O–H groups in total. The van der Waals surface area contributed by atoms with Gasteiger partial charge in [0.2, 0.25) is 0 Å². The van der Waals surface area contributed by atoms with E-state index >= 15 is 0 Å². The number of anilines is 1. The molecule has 0 radical (unpaired) electrons. The molecule has 3 nitrogen and oxygen atoms in total. The SMILES string of the molecule is CCCc1oc(C)c(C)c(=S)c1C(=O)Nc1c(CC)cc(Br)cc1CC. The number of halogens is 1. The van der Waals surface area contributed by atoms with Crippen molar-refractivity contribution in [2.45, 2.75) is 60.3 Å². The summed E-state index contributed by atoms with van der Waals surface area (Å²) in [7, 11) is 0. The summed E-state index contributed by atoms with van der Waals surface area (Å²) in [5.74, 6) is 1.27. The molecule has 0 aliphatic carbocycles. The molecule has 0 aliphatic rings. The molecule has 2 rings (SSSR count). The van der Waals surface area contributed by atoms with Gasteiger partial charge in [0, 0.05) is 22.1 Å². The molecule has 0 unspecified atom stereocenters. The first-order valence-electron chi connectivity index (χ1n) is 9.09. The van der Waals surface area contributed by atoms with E-state index in [2.05, 4.69) is 54.2 Å². The highest BCUT2D eigenvalue weighted by Crippen LogP contribution is 2.29. The van der Waals surface area contributed by atoms with Crippen LogP contribution in [0.2, 0.25) is 0 Å². The summed E-state index contributed by atoms with van der Waals surface area (Å²) in [6.45, 7) is 10.0. The molecule has 0 saturated heterocycles. The number of aryl methyl sites for hydroxylation is 4. The third-order valence-corrected chi connectivity index (χ3v) is 5.59. The molecule has 0 bridgehead atoms. The molecule has 1 amide bonds. The van der Waals surface area contributed by atoms with Gasteiger partial charge in [0.05, 0.1) is 10.1 Å². The largest absolute Gasteiger partial charge is 0.465 e. The van der Waals surface area contributed by atoms with E-state index in [1.807, 2.05) is 13.8 Å². The Kier molecular flexibility index (Phi) is 7.18. The Labute approximate surface area is 169 Å². The van der Waals surface area contributed by atoms with Crippen molar-refractivity contribution in [2.24, 2.45) is 0 Å². The van der Waals surface area contributed by atoms with Crippen LogP contribution < -0.4 is 5.32 Å². The van der Waals surface area contributed by atoms with Crippen LogP contribution in [0, 0.1) is 18.4 Å². The van der Waals surface area contributed by atoms with Gasteiger partial charge in [-0.3, -0.25) is 4.79 Å². The monoisotopic (exact) mass is 435 g/mol. The van der Waals surface area contributed by atoms with Gasteiger partial charge in [-0.1, -0.05) is 48.9 Å². The average molecular weight is 436 g/mol. The first-order valence-corrected chi connectivity index (χ1v) is 10.3. The van der Waals surface area contributed by atoms with E-state index in [0.717, 1.165) is 51.9 Å². The Morgan fingerprint density at radius 1 is 1.15 bits per heavy atom. The second-order valence-corrected chi connectivity index (χ2v) is 7.74. The number of hydrogen-bond donors (Lipinski definition) is 1. The second kappa shape index (κ2) is 8.96. The Morgan fingerprint density at radius 3 is 2.23 bits per heavy atom. The summed E-state index contributed by atoms with van der Waals surface area (Å²) in [5, 5.41) is 3.12. The zero-order chi connectivity index (χ0) is 19.4. The molecule has 140 valence electrons. The van der Waals surface area contributed by atoms with Gasteiger partial charge in [-0.2, -0.15) is 0 Å². The number of carbonyl (C=O) groups excluding carboxylic acids is 1. The minimum atomic E-state index is -0.183. The van der Waals surface area contributed by atoms with Crippen LogP contribution in [0.15, 0.2) is 21.0 Å². The van der Waals surface area contributed by atoms with Crippen LogP contribution in [0.5, 0.6) is 0 Å². The molecule has 0 spiro atoms. The van der Waals surface area contributed by atoms with E-state index in [-0.39, 0.29) is 5.91 Å². The van der Waals surface area contributed by atoms with E-state index < -0.39 is 0 Å². The Morgan fingerprint density at radius 2 is 1.73 bits per heavy atom. The van der Waals surface area contributed by atoms with Crippen molar-refractivity contribution >= 4 is 39.7 Å². The Balaban J connectivity index is 2.56. The number of amides is 1. The second-order valence-electron chi connectivity index (χ2n) is 6.42. The average Bonchev–Trinajstić information content (AvgIpc) is 2.61. The van der Waals surface area contributed by atoms with Gasteiger partial charge >= 0.3 is 0 Å². The van der Waals surface area contributed by atoms with Crippen LogP contribution >= 0.6 is 28.1 Å². The molecular weight excluding hydrogens is 410 g/mol. The number of rotatable bonds is 6. The van der Waals surface area contributed by atoms with E-state index in [0.29, 0.717) is 22.3 Å². The third kappa shape index (κ3) is 4.26. The van der Waals surface area contributed by atoms with Crippen LogP contribution in [0.3, 0.4) is 0 Å². The topological polar surface area (TPSA) is 42.2 Å². The fourth-order valence-corrected chi connectivity index (χ4v) is 3.94. The van der Waals surface area contributed by atoms with Gasteiger partial charge in [-0.25, -0.2) is 0 Å². The summed E-state index contributed by atoms with van der Waals surface area (Å²) in [6, 6.07) is 4.11. The van der Waals surface area contributed by atoms with Crippen molar-refractivity contribution in [1.82, 2.24) is 0 Å². The molecular formula is C21H26BrNO2S. The first kappa shape index (κ1) is 20.8. The van der Waals surface area contributed by atoms with Gasteiger partial charge in [0.1, 0.15) is 11.5 Å². The summed E-state index contributed by atoms with van der Waals surface area (Å²) >= 11 is 9.15. The number of benzene rings is 1. The highest BCUT2D eigenvalue weighted by molar-refractivity contribution is 9.10. The predicted molar refractivity (Wildman–Crippen MR) is 114 cm³/mol. The highest BCUT2D eigenvalue weighted by atomic mass is 79.9. The summed E-state index contributed by atoms with van der Waals surface area (Å²) in [5.41, 5.74) is 4.45. The number of hydrogen-bond acceptors (Lipinski definition) is 3. The maximum absolute atomic E-state index is 13.2. The molecule has 5 heteroatoms. The van der Waals surface area contributed by atoms with E-state index in [1.165, 1.54) is 0 Å². The fourth-order valence-electron chi connectivity index (χ4n) is 3.04. The lowest BCUT2D eigenvalue weighted by Gasteiger charge is -2.17. The lowest BCUT2D eigenvalue weighted by Crippen LogP contribution is -2.18. The zero-order valence-corrected chi connectivity index (χ0v) is 18.5. The molecule has 1 aromatic carbocycles. The van der Waals surface area contributed by atoms with Crippen LogP contribution in [0.4, 0.5) is 5.69 Å². The summed E-state index contributed by atoms with van der Waals surface area (Å²) < 4.78 is 7.53. The lowest BCUT2D eigenvalue weighted by molar-refractivity contribution is 0.102. The van der Waals surface area contributed by atoms with E-state index in [9.17, 15) is 4.79 Å². The van der Waals surface area contributed by atoms with Crippen molar-refractivity contribution in [1.29, 1.82) is 0 Å². The van der Waals surface area contributed by atoms with Crippen molar-refractivity contribution in [3.05, 3.63) is 54.9 Å². The molecule has 26 heavy (non-hydrogen) atoms. The predicted octanol–water partition coefficient (Wildman–Crippen LogP) is 6.72. The van der Waals surface area contributed by atoms with Gasteiger partial charge in [-0.15, -0.1) is 0 Å². The minimum Gasteiger partial charge on any atom is -0.465 e. The number of carbonyl (C=O) groups is 1. The summed E-state index contributed by atoms with van der Waals surface area (Å²) in [6.07, 6.45) is 3.25. The molecule has 1 heterocycles. The molecule has 0 atom stereocenters. The van der Waals surface area contributed by atoms with Gasteiger partial charge in [0.15, 0.2) is 0 Å². The van der Waals surface area contributed by atoms with Crippen molar-refractivity contribution < 1.29 is 9.21 Å². The third-order valence-electron chi connectivity index (χ3n) is 4.62. The molecule has 0 saturated carbocycles. The fraction of sp³-hybridized carbons (Fsp3) is 0.429. The van der Waals surface area contributed by atoms with E-state index in [4.69, 9.17) is 16.6 Å². The quantitative estimate of drug-likeness (QED) is 0.511. The van der Waals surface area contributed by atoms with Gasteiger partial charge < -0.3 is 9.73 Å². The first-order chi connectivity index (χ1) is 12.3. The van der Waals surface area contributed by atoms with Gasteiger partial charge in [0.25, 0.3) is 5.91 Å². The lowest BCUT2D eigenvalue weighted by atomic mass is 10.0. The highest BCUT2D eigenvalue weighted by Gasteiger charge is 2.20. The zero-order valence-electron chi connectivity index (χ0n) is 16.1. The molecule has 0 fully saturated rings. The van der Waals surface area contributed by atoms with Crippen molar-refractivity contribution in [2.75, 3.05) is 5.32 Å². The Hall–Kier alpha value is -1.46. The van der Waals surface area contributed by atoms with Gasteiger partial charge in [-0.05, 0) is 56.4 Å². The summed E-state index contributed by atoms with van der Waals surface area (Å²) in [4.78, 5) is 13.2. The van der Waals surface area contributed by atoms with Crippen molar-refractivity contribution in [3.63, 3.8) is 0 Å². The minimum absolute atomic E-state index is 0.183. The van der Waals surface area contributed by atoms with Crippen LogP contribution in [-0.4, -0.2) is 5.91 Å². The van der Waals surface area contributed by atoms with Crippen LogP contribution in [-0.2, 0) is 19.3 Å². The van der Waals surface area contributed by atoms with Crippen LogP contribution in [0.25, 0.3) is 0 Å². The molecule has 2 aromatic rings. The van der Waals surface area contributed by atoms with Crippen molar-refractivity contribution in [3.8, 4) is 0 Å². The van der Waals surface area contributed by atoms with E-state index in [1.54, 1.807) is 0 Å². The maximum atomic E-state index is 13.2. The smallest absolute Gasteiger partial charge is 0.260 e. The maximum Gasteiger partial charge on any atom is 0.260 e. The number of nitrogens with one attached hydrogen (secondary N) is 1. The standard InChI is InChI=1S/C21H26BrNO2S/c1-6-9-17-18(20(26)12(4)13(5)25-17)21(24)23-19-14(7-2)10-16(22)11-15(19)8-3/h10-11H,6-9H2,1-5H3,(H,23,24). The molecule has 1 aromatic heterocycles. The van der Waals surface area contributed by atoms with Crippen LogP contribution in [0.1, 0.15) is 65.8 Å².